The molecule has 1 aromatic carbocycles. The number of hydrogen-bond acceptors (Lipinski definition) is 2. The van der Waals surface area contributed by atoms with Crippen LogP contribution in [0.15, 0.2) is 29.2 Å². The Kier molecular flexibility index (Phi) is 5.91. The van der Waals surface area contributed by atoms with Gasteiger partial charge in [-0.3, -0.25) is 0 Å². The fourth-order valence-corrected chi connectivity index (χ4v) is 3.13. The van der Waals surface area contributed by atoms with E-state index in [-0.39, 0.29) is 18.2 Å². The van der Waals surface area contributed by atoms with Crippen molar-refractivity contribution in [1.82, 2.24) is 0 Å². The van der Waals surface area contributed by atoms with Gasteiger partial charge in [0.15, 0.2) is 0 Å². The van der Waals surface area contributed by atoms with E-state index in [0.717, 1.165) is 17.7 Å². The van der Waals surface area contributed by atoms with Crippen LogP contribution in [0.2, 0.25) is 0 Å². The zero-order valence-electron chi connectivity index (χ0n) is 9.73. The van der Waals surface area contributed by atoms with Crippen molar-refractivity contribution in [3.8, 4) is 0 Å². The molecule has 1 saturated heterocycles. The van der Waals surface area contributed by atoms with E-state index >= 15 is 0 Å². The van der Waals surface area contributed by atoms with Crippen LogP contribution in [0.25, 0.3) is 0 Å². The maximum Gasteiger partial charge on any atom is 0.511 e. The molecule has 1 heterocycles. The average molecular weight is 292 g/mol. The molecule has 2 N–H and O–H groups in total. The summed E-state index contributed by atoms with van der Waals surface area (Å²) in [6.45, 7) is 1.35. The first-order valence-corrected chi connectivity index (χ1v) is 6.53. The van der Waals surface area contributed by atoms with Crippen molar-refractivity contribution in [2.24, 2.45) is 0 Å². The quantitative estimate of drug-likeness (QED) is 0.708. The number of nitrogens with one attached hydrogen (secondary N) is 1. The Morgan fingerprint density at radius 2 is 1.83 bits per heavy atom. The SMILES string of the molecule is O=C(O)[NH+]1CCC(Sc2ccc(F)cc2)CC1.[Cl-]. The lowest BCUT2D eigenvalue weighted by Crippen LogP contribution is -3.15. The first kappa shape index (κ1) is 15.3. The minimum Gasteiger partial charge on any atom is -1.00 e. The van der Waals surface area contributed by atoms with Gasteiger partial charge in [-0.05, 0) is 24.3 Å². The molecule has 1 aromatic rings. The number of benzene rings is 1. The van der Waals surface area contributed by atoms with Crippen LogP contribution in [0.3, 0.4) is 0 Å². The second-order valence-electron chi connectivity index (χ2n) is 4.18. The van der Waals surface area contributed by atoms with Crippen LogP contribution >= 0.6 is 11.8 Å². The molecule has 18 heavy (non-hydrogen) atoms. The molecule has 2 rings (SSSR count). The fourth-order valence-electron chi connectivity index (χ4n) is 1.98. The summed E-state index contributed by atoms with van der Waals surface area (Å²) in [4.78, 5) is 12.5. The molecule has 0 aliphatic carbocycles. The molecule has 0 unspecified atom stereocenters. The third-order valence-electron chi connectivity index (χ3n) is 2.96. The standard InChI is InChI=1S/C12H14FNO2S.ClH/c13-9-1-3-10(4-2-9)17-11-5-7-14(8-6-11)12(15)16;/h1-4,11H,5-8H2,(H,15,16);1H. The summed E-state index contributed by atoms with van der Waals surface area (Å²) in [5, 5.41) is 9.31. The molecule has 0 atom stereocenters. The molecule has 0 spiro atoms. The Balaban J connectivity index is 0.00000162. The molecule has 1 aliphatic rings. The average Bonchev–Trinajstić information content (AvgIpc) is 2.33. The van der Waals surface area contributed by atoms with E-state index in [0.29, 0.717) is 23.2 Å². The number of amides is 1. The smallest absolute Gasteiger partial charge is 0.511 e. The van der Waals surface area contributed by atoms with Gasteiger partial charge in [0.05, 0.1) is 13.1 Å². The number of quaternary nitrogens is 1. The van der Waals surface area contributed by atoms with Crippen LogP contribution in [0.1, 0.15) is 12.8 Å². The summed E-state index contributed by atoms with van der Waals surface area (Å²) in [7, 11) is 0. The minimum absolute atomic E-state index is 0. The Hall–Kier alpha value is -0.780. The largest absolute Gasteiger partial charge is 1.00 e. The van der Waals surface area contributed by atoms with E-state index in [9.17, 15) is 9.18 Å². The van der Waals surface area contributed by atoms with Crippen molar-refractivity contribution >= 4 is 17.9 Å². The highest BCUT2D eigenvalue weighted by atomic mass is 35.5. The van der Waals surface area contributed by atoms with Gasteiger partial charge in [0.1, 0.15) is 5.82 Å². The van der Waals surface area contributed by atoms with Crippen LogP contribution in [0, 0.1) is 5.82 Å². The Morgan fingerprint density at radius 1 is 1.28 bits per heavy atom. The molecular weight excluding hydrogens is 277 g/mol. The number of rotatable bonds is 2. The number of halogens is 2. The molecule has 0 radical (unpaired) electrons. The van der Waals surface area contributed by atoms with Crippen LogP contribution in [0.5, 0.6) is 0 Å². The molecule has 1 amide bonds. The number of hydrogen-bond donors (Lipinski definition) is 2. The zero-order chi connectivity index (χ0) is 12.3. The normalized spacial score (nSPS) is 23.2. The molecular formula is C12H15ClFNO2S. The lowest BCUT2D eigenvalue weighted by atomic mass is 10.1. The summed E-state index contributed by atoms with van der Waals surface area (Å²) in [5.74, 6) is -0.223. The number of likely N-dealkylation sites (tertiary alicyclic amines) is 1. The predicted octanol–water partition coefficient (Wildman–Crippen LogP) is -1.35. The monoisotopic (exact) mass is 291 g/mol. The van der Waals surface area contributed by atoms with E-state index < -0.39 is 6.09 Å². The number of carbonyl (C=O) groups is 1. The first-order valence-electron chi connectivity index (χ1n) is 5.65. The maximum atomic E-state index is 12.7. The Labute approximate surface area is 116 Å². The highest BCUT2D eigenvalue weighted by molar-refractivity contribution is 8.00. The molecule has 3 nitrogen and oxygen atoms in total. The summed E-state index contributed by atoms with van der Waals surface area (Å²) in [6.07, 6.45) is 1.03. The van der Waals surface area contributed by atoms with Crippen molar-refractivity contribution in [2.75, 3.05) is 13.1 Å². The van der Waals surface area contributed by atoms with Crippen molar-refractivity contribution in [3.05, 3.63) is 30.1 Å². The van der Waals surface area contributed by atoms with Crippen molar-refractivity contribution in [1.29, 1.82) is 0 Å². The van der Waals surface area contributed by atoms with E-state index in [2.05, 4.69) is 0 Å². The van der Waals surface area contributed by atoms with Crippen LogP contribution in [-0.4, -0.2) is 29.5 Å². The topological polar surface area (TPSA) is 41.7 Å². The summed E-state index contributed by atoms with van der Waals surface area (Å²) in [5.41, 5.74) is 0. The van der Waals surface area contributed by atoms with Crippen LogP contribution < -0.4 is 17.3 Å². The van der Waals surface area contributed by atoms with Crippen molar-refractivity contribution in [3.63, 3.8) is 0 Å². The molecule has 0 saturated carbocycles. The summed E-state index contributed by atoms with van der Waals surface area (Å²) >= 11 is 1.71. The van der Waals surface area contributed by atoms with Crippen LogP contribution in [-0.2, 0) is 0 Å². The van der Waals surface area contributed by atoms with Gasteiger partial charge in [0, 0.05) is 23.0 Å². The highest BCUT2D eigenvalue weighted by Gasteiger charge is 2.27. The highest BCUT2D eigenvalue weighted by Crippen LogP contribution is 2.27. The lowest BCUT2D eigenvalue weighted by Gasteiger charge is -2.25. The predicted molar refractivity (Wildman–Crippen MR) is 64.0 cm³/mol. The van der Waals surface area contributed by atoms with Gasteiger partial charge in [-0.2, -0.15) is 4.79 Å². The van der Waals surface area contributed by atoms with Gasteiger partial charge in [-0.1, -0.05) is 0 Å². The van der Waals surface area contributed by atoms with Gasteiger partial charge < -0.3 is 17.5 Å². The van der Waals surface area contributed by atoms with E-state index in [1.54, 1.807) is 23.9 Å². The van der Waals surface area contributed by atoms with E-state index in [1.807, 2.05) is 0 Å². The second-order valence-corrected chi connectivity index (χ2v) is 5.55. The van der Waals surface area contributed by atoms with E-state index in [1.165, 1.54) is 12.1 Å². The first-order chi connectivity index (χ1) is 8.15. The number of thioether (sulfide) groups is 1. The van der Waals surface area contributed by atoms with Crippen molar-refractivity contribution in [2.45, 2.75) is 23.0 Å². The fraction of sp³-hybridized carbons (Fsp3) is 0.417. The second kappa shape index (κ2) is 6.97. The molecule has 0 bridgehead atoms. The zero-order valence-corrected chi connectivity index (χ0v) is 11.3. The number of carboxylic acid groups (broad SMARTS) is 1. The van der Waals surface area contributed by atoms with Gasteiger partial charge in [-0.15, -0.1) is 11.8 Å². The van der Waals surface area contributed by atoms with Gasteiger partial charge in [0.25, 0.3) is 0 Å². The molecule has 6 heteroatoms. The Bertz CT molecular complexity index is 394. The number of piperidine rings is 1. The third-order valence-corrected chi connectivity index (χ3v) is 4.30. The lowest BCUT2D eigenvalue weighted by molar-refractivity contribution is -0.828. The van der Waals surface area contributed by atoms with Crippen LogP contribution in [0.4, 0.5) is 9.18 Å². The Morgan fingerprint density at radius 3 is 2.33 bits per heavy atom. The molecule has 1 aliphatic heterocycles. The molecule has 100 valence electrons. The molecule has 1 fully saturated rings. The minimum atomic E-state index is -0.754. The third kappa shape index (κ3) is 4.15. The van der Waals surface area contributed by atoms with Gasteiger partial charge >= 0.3 is 6.09 Å². The summed E-state index contributed by atoms with van der Waals surface area (Å²) in [6, 6.07) is 6.47. The van der Waals surface area contributed by atoms with E-state index in [4.69, 9.17) is 5.11 Å². The molecule has 0 aromatic heterocycles. The summed E-state index contributed by atoms with van der Waals surface area (Å²) < 4.78 is 12.7. The van der Waals surface area contributed by atoms with Crippen molar-refractivity contribution < 1.29 is 31.6 Å². The van der Waals surface area contributed by atoms with Gasteiger partial charge in [-0.25, -0.2) is 9.29 Å². The maximum absolute atomic E-state index is 12.7. The van der Waals surface area contributed by atoms with Gasteiger partial charge in [0.2, 0.25) is 0 Å².